The van der Waals surface area contributed by atoms with Gasteiger partial charge in [0.25, 0.3) is 0 Å². The van der Waals surface area contributed by atoms with E-state index in [-0.39, 0.29) is 18.3 Å². The third-order valence-corrected chi connectivity index (χ3v) is 3.86. The predicted molar refractivity (Wildman–Crippen MR) is 101 cm³/mol. The Hall–Kier alpha value is -1.06. The number of rotatable bonds is 12. The highest BCUT2D eigenvalue weighted by Crippen LogP contribution is 2.03. The Morgan fingerprint density at radius 1 is 0.957 bits per heavy atom. The number of carbonyl (C=O) groups excluding carboxylic acids is 1. The van der Waals surface area contributed by atoms with Gasteiger partial charge < -0.3 is 5.32 Å². The molecule has 0 unspecified atom stereocenters. The largest absolute Gasteiger partial charge is 0.351 e. The lowest BCUT2D eigenvalue weighted by Crippen LogP contribution is -2.38. The van der Waals surface area contributed by atoms with E-state index in [1.807, 2.05) is 30.3 Å². The minimum absolute atomic E-state index is 0. The monoisotopic (exact) mass is 340 g/mol. The van der Waals surface area contributed by atoms with Crippen LogP contribution in [0.1, 0.15) is 57.9 Å². The third-order valence-electron chi connectivity index (χ3n) is 3.86. The highest BCUT2D eigenvalue weighted by Gasteiger charge is 2.10. The summed E-state index contributed by atoms with van der Waals surface area (Å²) in [6.45, 7) is 7.66. The van der Waals surface area contributed by atoms with Crippen molar-refractivity contribution in [2.75, 3.05) is 19.6 Å². The molecular formula is C19H33ClN2O. The van der Waals surface area contributed by atoms with Gasteiger partial charge in [0.05, 0.1) is 6.54 Å². The number of benzene rings is 1. The van der Waals surface area contributed by atoms with E-state index in [9.17, 15) is 4.79 Å². The number of unbranched alkanes of at least 4 members (excludes halogenated alkanes) is 4. The third kappa shape index (κ3) is 11.2. The van der Waals surface area contributed by atoms with E-state index in [0.29, 0.717) is 13.1 Å². The highest BCUT2D eigenvalue weighted by atomic mass is 35.5. The summed E-state index contributed by atoms with van der Waals surface area (Å²) in [4.78, 5) is 14.5. The first-order valence-corrected chi connectivity index (χ1v) is 8.79. The number of carbonyl (C=O) groups is 1. The summed E-state index contributed by atoms with van der Waals surface area (Å²) in [7, 11) is 0. The minimum atomic E-state index is 0. The van der Waals surface area contributed by atoms with Gasteiger partial charge in [-0.1, -0.05) is 69.9 Å². The Bertz CT molecular complexity index is 388. The van der Waals surface area contributed by atoms with Gasteiger partial charge in [-0.3, -0.25) is 9.69 Å². The first-order chi connectivity index (χ1) is 10.8. The standard InChI is InChI=1S/C19H32N2O.ClH/c1-3-5-10-14-21(15-11-6-4-2)17-19(22)20-16-18-12-8-7-9-13-18;/h7-9,12-13H,3-6,10-11,14-17H2,1-2H3,(H,20,22);1H. The van der Waals surface area contributed by atoms with Crippen LogP contribution in [-0.2, 0) is 11.3 Å². The first kappa shape index (κ1) is 21.9. The quantitative estimate of drug-likeness (QED) is 0.572. The molecule has 1 amide bonds. The Balaban J connectivity index is 0.00000484. The molecule has 0 atom stereocenters. The van der Waals surface area contributed by atoms with Crippen LogP contribution in [0.5, 0.6) is 0 Å². The second-order valence-corrected chi connectivity index (χ2v) is 5.95. The predicted octanol–water partition coefficient (Wildman–Crippen LogP) is 4.41. The van der Waals surface area contributed by atoms with Gasteiger partial charge in [0.2, 0.25) is 5.91 Å². The molecule has 0 aromatic heterocycles. The zero-order valence-corrected chi connectivity index (χ0v) is 15.5. The maximum absolute atomic E-state index is 12.1. The minimum Gasteiger partial charge on any atom is -0.351 e. The lowest BCUT2D eigenvalue weighted by molar-refractivity contribution is -0.122. The van der Waals surface area contributed by atoms with E-state index in [0.717, 1.165) is 18.7 Å². The van der Waals surface area contributed by atoms with Crippen LogP contribution in [0.15, 0.2) is 30.3 Å². The summed E-state index contributed by atoms with van der Waals surface area (Å²) in [5.41, 5.74) is 1.15. The molecule has 0 aliphatic carbocycles. The average Bonchev–Trinajstić information content (AvgIpc) is 2.54. The lowest BCUT2D eigenvalue weighted by Gasteiger charge is -2.21. The summed E-state index contributed by atoms with van der Waals surface area (Å²) in [5.74, 6) is 0.136. The molecule has 0 fully saturated rings. The summed E-state index contributed by atoms with van der Waals surface area (Å²) >= 11 is 0. The van der Waals surface area contributed by atoms with Crippen molar-refractivity contribution in [2.45, 2.75) is 58.9 Å². The molecule has 0 aliphatic rings. The highest BCUT2D eigenvalue weighted by molar-refractivity contribution is 5.85. The summed E-state index contributed by atoms with van der Waals surface area (Å²) in [6.07, 6.45) is 7.32. The molecular weight excluding hydrogens is 308 g/mol. The van der Waals surface area contributed by atoms with Crippen molar-refractivity contribution in [1.82, 2.24) is 10.2 Å². The molecule has 0 spiro atoms. The maximum Gasteiger partial charge on any atom is 0.234 e. The Morgan fingerprint density at radius 3 is 2.04 bits per heavy atom. The summed E-state index contributed by atoms with van der Waals surface area (Å²) in [5, 5.41) is 3.03. The fourth-order valence-corrected chi connectivity index (χ4v) is 2.50. The van der Waals surface area contributed by atoms with Gasteiger partial charge in [0, 0.05) is 6.54 Å². The Kier molecular flexibility index (Phi) is 13.9. The van der Waals surface area contributed by atoms with E-state index in [1.54, 1.807) is 0 Å². The molecule has 0 heterocycles. The molecule has 1 aromatic rings. The number of hydrogen-bond acceptors (Lipinski definition) is 2. The summed E-state index contributed by atoms with van der Waals surface area (Å²) in [6, 6.07) is 10.1. The number of nitrogens with one attached hydrogen (secondary N) is 1. The van der Waals surface area contributed by atoms with E-state index < -0.39 is 0 Å². The van der Waals surface area contributed by atoms with Gasteiger partial charge in [0.1, 0.15) is 0 Å². The van der Waals surface area contributed by atoms with Gasteiger partial charge in [-0.25, -0.2) is 0 Å². The molecule has 1 rings (SSSR count). The van der Waals surface area contributed by atoms with Crippen molar-refractivity contribution >= 4 is 18.3 Å². The molecule has 0 aliphatic heterocycles. The fraction of sp³-hybridized carbons (Fsp3) is 0.632. The topological polar surface area (TPSA) is 32.3 Å². The molecule has 23 heavy (non-hydrogen) atoms. The fourth-order valence-electron chi connectivity index (χ4n) is 2.50. The molecule has 4 heteroatoms. The van der Waals surface area contributed by atoms with Crippen molar-refractivity contribution in [3.8, 4) is 0 Å². The SMILES string of the molecule is CCCCCN(CCCCC)CC(=O)NCc1ccccc1.Cl. The van der Waals surface area contributed by atoms with Crippen molar-refractivity contribution in [2.24, 2.45) is 0 Å². The number of hydrogen-bond donors (Lipinski definition) is 1. The second kappa shape index (κ2) is 14.5. The zero-order chi connectivity index (χ0) is 16.0. The number of halogens is 1. The van der Waals surface area contributed by atoms with E-state index in [1.165, 1.54) is 38.5 Å². The van der Waals surface area contributed by atoms with Crippen molar-refractivity contribution in [3.63, 3.8) is 0 Å². The molecule has 3 nitrogen and oxygen atoms in total. The van der Waals surface area contributed by atoms with Gasteiger partial charge in [0.15, 0.2) is 0 Å². The Labute approximate surface area is 148 Å². The van der Waals surface area contributed by atoms with E-state index in [4.69, 9.17) is 0 Å². The molecule has 0 saturated heterocycles. The van der Waals surface area contributed by atoms with E-state index in [2.05, 4.69) is 24.1 Å². The van der Waals surface area contributed by atoms with Crippen molar-refractivity contribution in [3.05, 3.63) is 35.9 Å². The van der Waals surface area contributed by atoms with Crippen LogP contribution in [0.2, 0.25) is 0 Å². The number of amides is 1. The van der Waals surface area contributed by atoms with Crippen LogP contribution in [0.4, 0.5) is 0 Å². The van der Waals surface area contributed by atoms with Crippen LogP contribution >= 0.6 is 12.4 Å². The summed E-state index contributed by atoms with van der Waals surface area (Å²) < 4.78 is 0. The van der Waals surface area contributed by atoms with Crippen LogP contribution in [0, 0.1) is 0 Å². The smallest absolute Gasteiger partial charge is 0.234 e. The average molecular weight is 341 g/mol. The molecule has 0 bridgehead atoms. The molecule has 1 N–H and O–H groups in total. The normalized spacial score (nSPS) is 10.4. The van der Waals surface area contributed by atoms with Crippen LogP contribution in [0.3, 0.4) is 0 Å². The van der Waals surface area contributed by atoms with Crippen LogP contribution in [0.25, 0.3) is 0 Å². The maximum atomic E-state index is 12.1. The molecule has 1 aromatic carbocycles. The molecule has 0 saturated carbocycles. The van der Waals surface area contributed by atoms with Gasteiger partial charge in [-0.2, -0.15) is 0 Å². The first-order valence-electron chi connectivity index (χ1n) is 8.79. The van der Waals surface area contributed by atoms with Crippen LogP contribution in [-0.4, -0.2) is 30.4 Å². The van der Waals surface area contributed by atoms with Gasteiger partial charge in [-0.15, -0.1) is 12.4 Å². The van der Waals surface area contributed by atoms with Crippen molar-refractivity contribution < 1.29 is 4.79 Å². The van der Waals surface area contributed by atoms with Gasteiger partial charge >= 0.3 is 0 Å². The number of nitrogens with zero attached hydrogens (tertiary/aromatic N) is 1. The zero-order valence-electron chi connectivity index (χ0n) is 14.7. The van der Waals surface area contributed by atoms with Crippen LogP contribution < -0.4 is 5.32 Å². The van der Waals surface area contributed by atoms with E-state index >= 15 is 0 Å². The lowest BCUT2D eigenvalue weighted by atomic mass is 10.2. The van der Waals surface area contributed by atoms with Gasteiger partial charge in [-0.05, 0) is 31.5 Å². The molecule has 0 radical (unpaired) electrons. The van der Waals surface area contributed by atoms with Crippen molar-refractivity contribution in [1.29, 1.82) is 0 Å². The second-order valence-electron chi connectivity index (χ2n) is 5.95. The molecule has 132 valence electrons. The Morgan fingerprint density at radius 2 is 1.52 bits per heavy atom.